The van der Waals surface area contributed by atoms with Crippen LogP contribution in [0.3, 0.4) is 0 Å². The van der Waals surface area contributed by atoms with E-state index in [2.05, 4.69) is 20.7 Å². The molecule has 0 fully saturated rings. The molecule has 8 heteroatoms. The van der Waals surface area contributed by atoms with Crippen molar-refractivity contribution in [3.8, 4) is 11.5 Å². The Morgan fingerprint density at radius 2 is 1.84 bits per heavy atom. The first-order valence-corrected chi connectivity index (χ1v) is 12.2. The van der Waals surface area contributed by atoms with Crippen molar-refractivity contribution in [3.05, 3.63) is 59.3 Å². The number of pyridine rings is 1. The summed E-state index contributed by atoms with van der Waals surface area (Å²) in [5.41, 5.74) is 4.01. The summed E-state index contributed by atoms with van der Waals surface area (Å²) in [6.45, 7) is 4.87. The van der Waals surface area contributed by atoms with E-state index < -0.39 is 10.0 Å². The SMILES string of the molecule is COc1cc2c(cc1OC)CN(CCCNS(=O)(=O)c1cccc3cc(C)cnc13)CC2. The molecule has 2 heterocycles. The Kier molecular flexibility index (Phi) is 6.64. The average Bonchev–Trinajstić information content (AvgIpc) is 2.80. The Morgan fingerprint density at radius 3 is 2.59 bits per heavy atom. The summed E-state index contributed by atoms with van der Waals surface area (Å²) in [5, 5.41) is 0.826. The van der Waals surface area contributed by atoms with Crippen molar-refractivity contribution in [1.82, 2.24) is 14.6 Å². The molecule has 7 nitrogen and oxygen atoms in total. The van der Waals surface area contributed by atoms with Gasteiger partial charge in [-0.1, -0.05) is 12.1 Å². The fourth-order valence-corrected chi connectivity index (χ4v) is 5.43. The van der Waals surface area contributed by atoms with Gasteiger partial charge in [0.2, 0.25) is 10.0 Å². The summed E-state index contributed by atoms with van der Waals surface area (Å²) in [5.74, 6) is 1.49. The molecule has 4 rings (SSSR count). The number of sulfonamides is 1. The molecule has 1 aromatic heterocycles. The second-order valence-electron chi connectivity index (χ2n) is 8.09. The highest BCUT2D eigenvalue weighted by Gasteiger charge is 2.20. The van der Waals surface area contributed by atoms with Crippen molar-refractivity contribution in [3.63, 3.8) is 0 Å². The van der Waals surface area contributed by atoms with Crippen LogP contribution in [-0.4, -0.2) is 52.2 Å². The maximum Gasteiger partial charge on any atom is 0.242 e. The lowest BCUT2D eigenvalue weighted by molar-refractivity contribution is 0.250. The van der Waals surface area contributed by atoms with Gasteiger partial charge in [0, 0.05) is 31.2 Å². The van der Waals surface area contributed by atoms with Crippen LogP contribution in [0.2, 0.25) is 0 Å². The Bertz CT molecular complexity index is 1230. The number of para-hydroxylation sites is 1. The second kappa shape index (κ2) is 9.44. The molecule has 2 aromatic carbocycles. The van der Waals surface area contributed by atoms with Gasteiger partial charge in [-0.15, -0.1) is 0 Å². The van der Waals surface area contributed by atoms with Crippen LogP contribution in [0.5, 0.6) is 11.5 Å². The van der Waals surface area contributed by atoms with Crippen LogP contribution in [0, 0.1) is 6.92 Å². The van der Waals surface area contributed by atoms with E-state index in [0.717, 1.165) is 54.9 Å². The number of nitrogens with zero attached hydrogens (tertiary/aromatic N) is 2. The highest BCUT2D eigenvalue weighted by Crippen LogP contribution is 2.33. The van der Waals surface area contributed by atoms with E-state index in [1.807, 2.05) is 25.1 Å². The van der Waals surface area contributed by atoms with Gasteiger partial charge in [0.25, 0.3) is 0 Å². The number of hydrogen-bond acceptors (Lipinski definition) is 6. The van der Waals surface area contributed by atoms with Crippen LogP contribution in [0.4, 0.5) is 0 Å². The molecule has 0 atom stereocenters. The maximum absolute atomic E-state index is 12.9. The predicted octanol–water partition coefficient (Wildman–Crippen LogP) is 3.29. The average molecular weight is 456 g/mol. The summed E-state index contributed by atoms with van der Waals surface area (Å²) < 4.78 is 39.3. The lowest BCUT2D eigenvalue weighted by Gasteiger charge is -2.29. The Labute approximate surface area is 189 Å². The number of benzene rings is 2. The molecule has 1 aliphatic heterocycles. The zero-order valence-electron chi connectivity index (χ0n) is 18.7. The number of methoxy groups -OCH3 is 2. The number of hydrogen-bond donors (Lipinski definition) is 1. The van der Waals surface area contributed by atoms with Gasteiger partial charge in [-0.05, 0) is 67.3 Å². The zero-order valence-corrected chi connectivity index (χ0v) is 19.5. The third-order valence-electron chi connectivity index (χ3n) is 5.84. The molecule has 0 amide bonds. The molecule has 0 bridgehead atoms. The van der Waals surface area contributed by atoms with Crippen LogP contribution in [0.1, 0.15) is 23.1 Å². The summed E-state index contributed by atoms with van der Waals surface area (Å²) in [7, 11) is -0.338. The highest BCUT2D eigenvalue weighted by molar-refractivity contribution is 7.89. The van der Waals surface area contributed by atoms with Crippen LogP contribution >= 0.6 is 0 Å². The molecule has 0 spiro atoms. The standard InChI is InChI=1S/C24H29N3O4S/c1-17-12-19-6-4-7-23(24(19)25-15-17)32(28,29)26-9-5-10-27-11-8-18-13-21(30-2)22(31-3)14-20(18)16-27/h4,6-7,12-15,26H,5,8-11,16H2,1-3H3. The van der Waals surface area contributed by atoms with E-state index >= 15 is 0 Å². The van der Waals surface area contributed by atoms with E-state index in [-0.39, 0.29) is 4.90 Å². The number of ether oxygens (including phenoxy) is 2. The van der Waals surface area contributed by atoms with Gasteiger partial charge in [-0.2, -0.15) is 0 Å². The molecule has 0 aliphatic carbocycles. The summed E-state index contributed by atoms with van der Waals surface area (Å²) in [6, 6.07) is 11.3. The van der Waals surface area contributed by atoms with E-state index in [4.69, 9.17) is 9.47 Å². The Hall–Kier alpha value is -2.68. The predicted molar refractivity (Wildman–Crippen MR) is 125 cm³/mol. The molecule has 0 radical (unpaired) electrons. The van der Waals surface area contributed by atoms with Crippen molar-refractivity contribution < 1.29 is 17.9 Å². The number of rotatable bonds is 8. The third kappa shape index (κ3) is 4.72. The Morgan fingerprint density at radius 1 is 1.09 bits per heavy atom. The van der Waals surface area contributed by atoms with E-state index in [9.17, 15) is 8.42 Å². The van der Waals surface area contributed by atoms with Gasteiger partial charge in [0.1, 0.15) is 4.90 Å². The molecular weight excluding hydrogens is 426 g/mol. The number of nitrogens with one attached hydrogen (secondary N) is 1. The molecular formula is C24H29N3O4S. The van der Waals surface area contributed by atoms with Crippen molar-refractivity contribution in [2.75, 3.05) is 33.9 Å². The minimum absolute atomic E-state index is 0.225. The number of fused-ring (bicyclic) bond motifs is 2. The second-order valence-corrected chi connectivity index (χ2v) is 9.83. The van der Waals surface area contributed by atoms with Gasteiger partial charge in [-0.25, -0.2) is 13.1 Å². The number of aromatic nitrogens is 1. The van der Waals surface area contributed by atoms with Crippen molar-refractivity contribution in [2.24, 2.45) is 0 Å². The van der Waals surface area contributed by atoms with Crippen molar-refractivity contribution >= 4 is 20.9 Å². The molecule has 0 saturated heterocycles. The monoisotopic (exact) mass is 455 g/mol. The fourth-order valence-electron chi connectivity index (χ4n) is 4.18. The molecule has 0 saturated carbocycles. The van der Waals surface area contributed by atoms with Crippen LogP contribution < -0.4 is 14.2 Å². The fraction of sp³-hybridized carbons (Fsp3) is 0.375. The first kappa shape index (κ1) is 22.5. The smallest absolute Gasteiger partial charge is 0.242 e. The highest BCUT2D eigenvalue weighted by atomic mass is 32.2. The Balaban J connectivity index is 1.36. The summed E-state index contributed by atoms with van der Waals surface area (Å²) in [4.78, 5) is 6.91. The first-order chi connectivity index (χ1) is 15.4. The zero-order chi connectivity index (χ0) is 22.7. The normalized spacial score (nSPS) is 14.3. The largest absolute Gasteiger partial charge is 0.493 e. The van der Waals surface area contributed by atoms with Gasteiger partial charge < -0.3 is 9.47 Å². The third-order valence-corrected chi connectivity index (χ3v) is 7.33. The molecule has 0 unspecified atom stereocenters. The van der Waals surface area contributed by atoms with Gasteiger partial charge in [0.05, 0.1) is 19.7 Å². The summed E-state index contributed by atoms with van der Waals surface area (Å²) in [6.07, 6.45) is 3.35. The van der Waals surface area contributed by atoms with E-state index in [1.54, 1.807) is 32.5 Å². The summed E-state index contributed by atoms with van der Waals surface area (Å²) >= 11 is 0. The van der Waals surface area contributed by atoms with Crippen molar-refractivity contribution in [2.45, 2.75) is 31.2 Å². The lowest BCUT2D eigenvalue weighted by Crippen LogP contribution is -2.34. The van der Waals surface area contributed by atoms with Crippen LogP contribution in [-0.2, 0) is 23.0 Å². The van der Waals surface area contributed by atoms with Crippen LogP contribution in [0.15, 0.2) is 47.5 Å². The molecule has 32 heavy (non-hydrogen) atoms. The quantitative estimate of drug-likeness (QED) is 0.525. The van der Waals surface area contributed by atoms with E-state index in [0.29, 0.717) is 12.1 Å². The van der Waals surface area contributed by atoms with Crippen LogP contribution in [0.25, 0.3) is 10.9 Å². The lowest BCUT2D eigenvalue weighted by atomic mass is 9.98. The minimum Gasteiger partial charge on any atom is -0.493 e. The van der Waals surface area contributed by atoms with E-state index in [1.165, 1.54) is 11.1 Å². The molecule has 1 aliphatic rings. The van der Waals surface area contributed by atoms with Gasteiger partial charge >= 0.3 is 0 Å². The van der Waals surface area contributed by atoms with Crippen molar-refractivity contribution in [1.29, 1.82) is 0 Å². The molecule has 3 aromatic rings. The molecule has 170 valence electrons. The van der Waals surface area contributed by atoms with Gasteiger partial charge in [0.15, 0.2) is 11.5 Å². The minimum atomic E-state index is -3.63. The molecule has 1 N–H and O–H groups in total. The topological polar surface area (TPSA) is 80.8 Å². The maximum atomic E-state index is 12.9. The number of aryl methyl sites for hydroxylation is 1. The van der Waals surface area contributed by atoms with Gasteiger partial charge in [-0.3, -0.25) is 9.88 Å². The first-order valence-electron chi connectivity index (χ1n) is 10.7.